The van der Waals surface area contributed by atoms with Crippen molar-refractivity contribution < 1.29 is 4.79 Å². The second kappa shape index (κ2) is 4.94. The van der Waals surface area contributed by atoms with Crippen molar-refractivity contribution in [2.24, 2.45) is 0 Å². The zero-order valence-corrected chi connectivity index (χ0v) is 8.78. The third-order valence-corrected chi connectivity index (χ3v) is 2.63. The Bertz CT molecular complexity index is 318. The first-order valence-electron chi connectivity index (χ1n) is 5.44. The SMILES string of the molecule is O=C(CCc1ccccc1)N1CCCN1. The van der Waals surface area contributed by atoms with E-state index in [0.717, 1.165) is 25.9 Å². The van der Waals surface area contributed by atoms with Crippen molar-refractivity contribution in [3.63, 3.8) is 0 Å². The normalized spacial score (nSPS) is 15.6. The molecule has 2 rings (SSSR count). The number of hydrogen-bond acceptors (Lipinski definition) is 2. The van der Waals surface area contributed by atoms with Crippen LogP contribution in [0.2, 0.25) is 0 Å². The fourth-order valence-electron chi connectivity index (χ4n) is 1.77. The third kappa shape index (κ3) is 2.80. The van der Waals surface area contributed by atoms with Crippen LogP contribution in [0.15, 0.2) is 30.3 Å². The average Bonchev–Trinajstić information content (AvgIpc) is 2.81. The molecule has 1 N–H and O–H groups in total. The fraction of sp³-hybridized carbons (Fsp3) is 0.417. The summed E-state index contributed by atoms with van der Waals surface area (Å²) in [7, 11) is 0. The number of aryl methyl sites for hydroxylation is 1. The van der Waals surface area contributed by atoms with Crippen LogP contribution < -0.4 is 5.43 Å². The van der Waals surface area contributed by atoms with E-state index in [2.05, 4.69) is 17.6 Å². The zero-order chi connectivity index (χ0) is 10.5. The molecule has 3 nitrogen and oxygen atoms in total. The van der Waals surface area contributed by atoms with Crippen LogP contribution in [0.3, 0.4) is 0 Å². The summed E-state index contributed by atoms with van der Waals surface area (Å²) in [6.07, 6.45) is 2.49. The standard InChI is InChI=1S/C12H16N2O/c15-12(14-10-4-9-13-14)8-7-11-5-2-1-3-6-11/h1-3,5-6,13H,4,7-10H2. The molecule has 0 atom stereocenters. The first-order valence-corrected chi connectivity index (χ1v) is 5.44. The molecule has 1 aromatic rings. The summed E-state index contributed by atoms with van der Waals surface area (Å²) in [5.41, 5.74) is 4.30. The van der Waals surface area contributed by atoms with Crippen molar-refractivity contribution in [3.05, 3.63) is 35.9 Å². The summed E-state index contributed by atoms with van der Waals surface area (Å²) in [4.78, 5) is 11.7. The van der Waals surface area contributed by atoms with Crippen LogP contribution in [0.1, 0.15) is 18.4 Å². The van der Waals surface area contributed by atoms with E-state index in [1.54, 1.807) is 5.01 Å². The van der Waals surface area contributed by atoms with Crippen LogP contribution in [0.5, 0.6) is 0 Å². The number of nitrogens with one attached hydrogen (secondary N) is 1. The molecule has 0 bridgehead atoms. The average molecular weight is 204 g/mol. The molecule has 1 aromatic carbocycles. The van der Waals surface area contributed by atoms with Gasteiger partial charge >= 0.3 is 0 Å². The molecule has 0 aliphatic carbocycles. The van der Waals surface area contributed by atoms with Crippen molar-refractivity contribution in [1.82, 2.24) is 10.4 Å². The van der Waals surface area contributed by atoms with Gasteiger partial charge in [0.25, 0.3) is 0 Å². The number of nitrogens with zero attached hydrogens (tertiary/aromatic N) is 1. The molecule has 0 unspecified atom stereocenters. The highest BCUT2D eigenvalue weighted by atomic mass is 16.2. The van der Waals surface area contributed by atoms with Crippen LogP contribution in [0.4, 0.5) is 0 Å². The van der Waals surface area contributed by atoms with E-state index >= 15 is 0 Å². The van der Waals surface area contributed by atoms with Crippen LogP contribution in [0, 0.1) is 0 Å². The summed E-state index contributed by atoms with van der Waals surface area (Å²) in [5.74, 6) is 0.205. The maximum atomic E-state index is 11.7. The Labute approximate surface area is 90.1 Å². The van der Waals surface area contributed by atoms with Gasteiger partial charge in [0.15, 0.2) is 0 Å². The molecule has 1 fully saturated rings. The lowest BCUT2D eigenvalue weighted by atomic mass is 10.1. The number of carbonyl (C=O) groups is 1. The third-order valence-electron chi connectivity index (χ3n) is 2.63. The molecule has 1 amide bonds. The van der Waals surface area contributed by atoms with Crippen LogP contribution >= 0.6 is 0 Å². The molecule has 0 spiro atoms. The summed E-state index contributed by atoms with van der Waals surface area (Å²) in [6.45, 7) is 1.78. The maximum Gasteiger partial charge on any atom is 0.236 e. The van der Waals surface area contributed by atoms with Gasteiger partial charge in [0.1, 0.15) is 0 Å². The Morgan fingerprint density at radius 2 is 2.13 bits per heavy atom. The second-order valence-electron chi connectivity index (χ2n) is 3.79. The minimum absolute atomic E-state index is 0.205. The van der Waals surface area contributed by atoms with E-state index in [1.807, 2.05) is 18.2 Å². The first kappa shape index (κ1) is 10.2. The lowest BCUT2D eigenvalue weighted by Gasteiger charge is -2.15. The Balaban J connectivity index is 1.80. The molecule has 1 saturated heterocycles. The highest BCUT2D eigenvalue weighted by molar-refractivity contribution is 5.76. The van der Waals surface area contributed by atoms with Gasteiger partial charge in [-0.25, -0.2) is 5.43 Å². The number of benzene rings is 1. The van der Waals surface area contributed by atoms with Crippen molar-refractivity contribution in [2.45, 2.75) is 19.3 Å². The smallest absolute Gasteiger partial charge is 0.236 e. The summed E-state index contributed by atoms with van der Waals surface area (Å²) in [6, 6.07) is 10.1. The lowest BCUT2D eigenvalue weighted by molar-refractivity contribution is -0.132. The Kier molecular flexibility index (Phi) is 3.35. The van der Waals surface area contributed by atoms with Crippen molar-refractivity contribution in [2.75, 3.05) is 13.1 Å². The van der Waals surface area contributed by atoms with E-state index in [-0.39, 0.29) is 5.91 Å². The fourth-order valence-corrected chi connectivity index (χ4v) is 1.77. The van der Waals surface area contributed by atoms with E-state index < -0.39 is 0 Å². The van der Waals surface area contributed by atoms with Gasteiger partial charge in [0.05, 0.1) is 0 Å². The maximum absolute atomic E-state index is 11.7. The van der Waals surface area contributed by atoms with Gasteiger partial charge in [0, 0.05) is 19.5 Å². The monoisotopic (exact) mass is 204 g/mol. The van der Waals surface area contributed by atoms with Crippen LogP contribution in [-0.2, 0) is 11.2 Å². The molecule has 80 valence electrons. The topological polar surface area (TPSA) is 32.3 Å². The lowest BCUT2D eigenvalue weighted by Crippen LogP contribution is -2.36. The quantitative estimate of drug-likeness (QED) is 0.806. The first-order chi connectivity index (χ1) is 7.36. The van der Waals surface area contributed by atoms with Gasteiger partial charge in [-0.15, -0.1) is 0 Å². The van der Waals surface area contributed by atoms with Crippen LogP contribution in [-0.4, -0.2) is 24.0 Å². The molecule has 0 radical (unpaired) electrons. The van der Waals surface area contributed by atoms with Gasteiger partial charge in [0.2, 0.25) is 5.91 Å². The molecule has 1 aliphatic heterocycles. The molecule has 1 heterocycles. The minimum Gasteiger partial charge on any atom is -0.278 e. The number of hydrazine groups is 1. The number of rotatable bonds is 3. The molecule has 15 heavy (non-hydrogen) atoms. The molecular formula is C12H16N2O. The van der Waals surface area contributed by atoms with Gasteiger partial charge in [-0.1, -0.05) is 30.3 Å². The van der Waals surface area contributed by atoms with E-state index in [0.29, 0.717) is 6.42 Å². The molecule has 0 saturated carbocycles. The highest BCUT2D eigenvalue weighted by Gasteiger charge is 2.16. The van der Waals surface area contributed by atoms with Crippen molar-refractivity contribution >= 4 is 5.91 Å². The minimum atomic E-state index is 0.205. The Morgan fingerprint density at radius 3 is 2.80 bits per heavy atom. The van der Waals surface area contributed by atoms with Gasteiger partial charge < -0.3 is 0 Å². The number of amides is 1. The largest absolute Gasteiger partial charge is 0.278 e. The molecular weight excluding hydrogens is 188 g/mol. The molecule has 1 aliphatic rings. The van der Waals surface area contributed by atoms with Gasteiger partial charge in [-0.3, -0.25) is 9.80 Å². The van der Waals surface area contributed by atoms with E-state index in [1.165, 1.54) is 5.56 Å². The van der Waals surface area contributed by atoms with Gasteiger partial charge in [-0.05, 0) is 18.4 Å². The summed E-state index contributed by atoms with van der Waals surface area (Å²) in [5, 5.41) is 1.74. The highest BCUT2D eigenvalue weighted by Crippen LogP contribution is 2.05. The van der Waals surface area contributed by atoms with Crippen molar-refractivity contribution in [1.29, 1.82) is 0 Å². The summed E-state index contributed by atoms with van der Waals surface area (Å²) < 4.78 is 0. The predicted molar refractivity (Wildman–Crippen MR) is 59.1 cm³/mol. The number of carbonyl (C=O) groups excluding carboxylic acids is 1. The van der Waals surface area contributed by atoms with E-state index in [9.17, 15) is 4.79 Å². The zero-order valence-electron chi connectivity index (χ0n) is 8.78. The molecule has 0 aromatic heterocycles. The second-order valence-corrected chi connectivity index (χ2v) is 3.79. The Hall–Kier alpha value is -1.35. The summed E-state index contributed by atoms with van der Waals surface area (Å²) >= 11 is 0. The van der Waals surface area contributed by atoms with E-state index in [4.69, 9.17) is 0 Å². The number of hydrogen-bond donors (Lipinski definition) is 1. The molecule has 3 heteroatoms. The Morgan fingerprint density at radius 1 is 1.33 bits per heavy atom. The van der Waals surface area contributed by atoms with Crippen molar-refractivity contribution in [3.8, 4) is 0 Å². The van der Waals surface area contributed by atoms with Crippen LogP contribution in [0.25, 0.3) is 0 Å². The predicted octanol–water partition coefficient (Wildman–Crippen LogP) is 1.36. The van der Waals surface area contributed by atoms with Gasteiger partial charge in [-0.2, -0.15) is 0 Å².